The second-order valence-electron chi connectivity index (χ2n) is 5.87. The van der Waals surface area contributed by atoms with Crippen molar-refractivity contribution in [1.29, 1.82) is 0 Å². The lowest BCUT2D eigenvalue weighted by Crippen LogP contribution is -2.38. The SMILES string of the molecule is CCC1CCC(N(C)CC2CCNCC2)C1. The molecule has 16 heavy (non-hydrogen) atoms. The number of nitrogens with one attached hydrogen (secondary N) is 1. The Kier molecular flexibility index (Phi) is 4.66. The van der Waals surface area contributed by atoms with E-state index in [1.165, 1.54) is 58.2 Å². The fourth-order valence-electron chi connectivity index (χ4n) is 3.44. The van der Waals surface area contributed by atoms with E-state index in [0.29, 0.717) is 0 Å². The molecule has 1 saturated heterocycles. The lowest BCUT2D eigenvalue weighted by molar-refractivity contribution is 0.184. The van der Waals surface area contributed by atoms with Gasteiger partial charge in [-0.15, -0.1) is 0 Å². The fraction of sp³-hybridized carbons (Fsp3) is 1.00. The molecule has 94 valence electrons. The van der Waals surface area contributed by atoms with E-state index >= 15 is 0 Å². The van der Waals surface area contributed by atoms with Crippen LogP contribution in [0.2, 0.25) is 0 Å². The molecular weight excluding hydrogens is 196 g/mol. The predicted octanol–water partition coefficient (Wildman–Crippen LogP) is 2.50. The smallest absolute Gasteiger partial charge is 0.00950 e. The highest BCUT2D eigenvalue weighted by molar-refractivity contribution is 4.82. The molecule has 1 aliphatic heterocycles. The van der Waals surface area contributed by atoms with Gasteiger partial charge in [0.15, 0.2) is 0 Å². The van der Waals surface area contributed by atoms with Crippen molar-refractivity contribution in [2.75, 3.05) is 26.7 Å². The van der Waals surface area contributed by atoms with Crippen LogP contribution in [0.25, 0.3) is 0 Å². The molecule has 1 heterocycles. The van der Waals surface area contributed by atoms with Gasteiger partial charge in [0.25, 0.3) is 0 Å². The summed E-state index contributed by atoms with van der Waals surface area (Å²) in [5.41, 5.74) is 0. The monoisotopic (exact) mass is 224 g/mol. The maximum atomic E-state index is 3.46. The first-order valence-corrected chi connectivity index (χ1v) is 7.20. The molecule has 0 spiro atoms. The lowest BCUT2D eigenvalue weighted by atomic mass is 9.97. The normalized spacial score (nSPS) is 32.4. The molecule has 2 nitrogen and oxygen atoms in total. The van der Waals surface area contributed by atoms with Gasteiger partial charge in [-0.3, -0.25) is 0 Å². The van der Waals surface area contributed by atoms with Crippen LogP contribution in [0.15, 0.2) is 0 Å². The van der Waals surface area contributed by atoms with Gasteiger partial charge in [0.1, 0.15) is 0 Å². The van der Waals surface area contributed by atoms with Crippen LogP contribution in [0.1, 0.15) is 45.4 Å². The van der Waals surface area contributed by atoms with Crippen molar-refractivity contribution in [3.63, 3.8) is 0 Å². The van der Waals surface area contributed by atoms with Crippen molar-refractivity contribution in [3.05, 3.63) is 0 Å². The van der Waals surface area contributed by atoms with E-state index in [-0.39, 0.29) is 0 Å². The molecule has 1 N–H and O–H groups in total. The molecule has 0 aromatic heterocycles. The molecule has 1 aliphatic carbocycles. The molecule has 0 amide bonds. The largest absolute Gasteiger partial charge is 0.317 e. The van der Waals surface area contributed by atoms with Gasteiger partial charge in [-0.2, -0.15) is 0 Å². The second kappa shape index (κ2) is 6.02. The van der Waals surface area contributed by atoms with Crippen molar-refractivity contribution in [3.8, 4) is 0 Å². The van der Waals surface area contributed by atoms with Gasteiger partial charge < -0.3 is 10.2 Å². The molecule has 0 aromatic rings. The first-order valence-electron chi connectivity index (χ1n) is 7.20. The summed E-state index contributed by atoms with van der Waals surface area (Å²) >= 11 is 0. The summed E-state index contributed by atoms with van der Waals surface area (Å²) in [6, 6.07) is 0.889. The van der Waals surface area contributed by atoms with Crippen molar-refractivity contribution in [1.82, 2.24) is 10.2 Å². The summed E-state index contributed by atoms with van der Waals surface area (Å²) in [5.74, 6) is 1.97. The summed E-state index contributed by atoms with van der Waals surface area (Å²) in [4.78, 5) is 2.66. The summed E-state index contributed by atoms with van der Waals surface area (Å²) in [5, 5.41) is 3.46. The second-order valence-corrected chi connectivity index (χ2v) is 5.87. The molecule has 2 fully saturated rings. The van der Waals surface area contributed by atoms with E-state index < -0.39 is 0 Å². The maximum Gasteiger partial charge on any atom is 0.00950 e. The third-order valence-electron chi connectivity index (χ3n) is 4.72. The van der Waals surface area contributed by atoms with Crippen molar-refractivity contribution >= 4 is 0 Å². The van der Waals surface area contributed by atoms with Crippen LogP contribution in [0.5, 0.6) is 0 Å². The zero-order valence-electron chi connectivity index (χ0n) is 11.0. The molecule has 2 atom stereocenters. The molecule has 1 saturated carbocycles. The predicted molar refractivity (Wildman–Crippen MR) is 69.6 cm³/mol. The first kappa shape index (κ1) is 12.4. The van der Waals surface area contributed by atoms with Gasteiger partial charge in [0.05, 0.1) is 0 Å². The topological polar surface area (TPSA) is 15.3 Å². The highest BCUT2D eigenvalue weighted by Gasteiger charge is 2.27. The quantitative estimate of drug-likeness (QED) is 0.789. The van der Waals surface area contributed by atoms with E-state index in [1.807, 2.05) is 0 Å². The lowest BCUT2D eigenvalue weighted by Gasteiger charge is -2.31. The summed E-state index contributed by atoms with van der Waals surface area (Å²) in [7, 11) is 2.35. The average molecular weight is 224 g/mol. The van der Waals surface area contributed by atoms with Crippen LogP contribution in [-0.4, -0.2) is 37.6 Å². The Labute approximate surface area is 101 Å². The summed E-state index contributed by atoms with van der Waals surface area (Å²) < 4.78 is 0. The summed E-state index contributed by atoms with van der Waals surface area (Å²) in [6.07, 6.45) is 8.52. The molecule has 0 radical (unpaired) electrons. The van der Waals surface area contributed by atoms with E-state index in [9.17, 15) is 0 Å². The minimum absolute atomic E-state index is 0.889. The number of nitrogens with zero attached hydrogens (tertiary/aromatic N) is 1. The van der Waals surface area contributed by atoms with Crippen LogP contribution in [0.4, 0.5) is 0 Å². The van der Waals surface area contributed by atoms with Crippen molar-refractivity contribution in [2.45, 2.75) is 51.5 Å². The zero-order valence-corrected chi connectivity index (χ0v) is 11.0. The minimum Gasteiger partial charge on any atom is -0.317 e. The zero-order chi connectivity index (χ0) is 11.4. The van der Waals surface area contributed by atoms with Gasteiger partial charge in [0, 0.05) is 12.6 Å². The molecule has 2 unspecified atom stereocenters. The molecular formula is C14H28N2. The number of rotatable bonds is 4. The van der Waals surface area contributed by atoms with E-state index in [2.05, 4.69) is 24.2 Å². The molecule has 2 rings (SSSR count). The third-order valence-corrected chi connectivity index (χ3v) is 4.72. The molecule has 0 bridgehead atoms. The van der Waals surface area contributed by atoms with Gasteiger partial charge >= 0.3 is 0 Å². The maximum absolute atomic E-state index is 3.46. The number of hydrogen-bond donors (Lipinski definition) is 1. The number of piperidine rings is 1. The summed E-state index contributed by atoms with van der Waals surface area (Å²) in [6.45, 7) is 6.16. The molecule has 2 aliphatic rings. The standard InChI is InChI=1S/C14H28N2/c1-3-12-4-5-14(10-12)16(2)11-13-6-8-15-9-7-13/h12-15H,3-11H2,1-2H3. The minimum atomic E-state index is 0.889. The van der Waals surface area contributed by atoms with Crippen molar-refractivity contribution in [2.24, 2.45) is 11.8 Å². The Morgan fingerprint density at radius 1 is 1.06 bits per heavy atom. The van der Waals surface area contributed by atoms with Gasteiger partial charge in [-0.25, -0.2) is 0 Å². The van der Waals surface area contributed by atoms with Gasteiger partial charge in [-0.05, 0) is 64.1 Å². The number of hydrogen-bond acceptors (Lipinski definition) is 2. The van der Waals surface area contributed by atoms with Crippen LogP contribution in [0, 0.1) is 11.8 Å². The van der Waals surface area contributed by atoms with Crippen LogP contribution >= 0.6 is 0 Å². The van der Waals surface area contributed by atoms with Crippen LogP contribution in [-0.2, 0) is 0 Å². The Morgan fingerprint density at radius 3 is 2.44 bits per heavy atom. The van der Waals surface area contributed by atoms with Crippen LogP contribution < -0.4 is 5.32 Å². The molecule has 0 aromatic carbocycles. The molecule has 2 heteroatoms. The Hall–Kier alpha value is -0.0800. The van der Waals surface area contributed by atoms with Gasteiger partial charge in [-0.1, -0.05) is 13.3 Å². The Bertz CT molecular complexity index is 199. The highest BCUT2D eigenvalue weighted by atomic mass is 15.1. The highest BCUT2D eigenvalue weighted by Crippen LogP contribution is 2.31. The van der Waals surface area contributed by atoms with E-state index in [4.69, 9.17) is 0 Å². The van der Waals surface area contributed by atoms with E-state index in [1.54, 1.807) is 0 Å². The first-order chi connectivity index (χ1) is 7.79. The Morgan fingerprint density at radius 2 is 1.81 bits per heavy atom. The third kappa shape index (κ3) is 3.21. The van der Waals surface area contributed by atoms with E-state index in [0.717, 1.165) is 17.9 Å². The fourth-order valence-corrected chi connectivity index (χ4v) is 3.44. The Balaban J connectivity index is 1.72. The van der Waals surface area contributed by atoms with Crippen LogP contribution in [0.3, 0.4) is 0 Å². The van der Waals surface area contributed by atoms with Crippen molar-refractivity contribution < 1.29 is 0 Å². The van der Waals surface area contributed by atoms with Gasteiger partial charge in [0.2, 0.25) is 0 Å². The average Bonchev–Trinajstić information content (AvgIpc) is 2.79.